The largest absolute Gasteiger partial charge is 0.507 e. The lowest BCUT2D eigenvalue weighted by Gasteiger charge is -2.30. The van der Waals surface area contributed by atoms with Crippen molar-refractivity contribution >= 4 is 45.3 Å². The number of anilines is 1. The van der Waals surface area contributed by atoms with E-state index in [9.17, 15) is 19.8 Å². The number of carbonyl (C=O) groups excluding carboxylic acids is 2. The predicted molar refractivity (Wildman–Crippen MR) is 126 cm³/mol. The number of amides is 2. The van der Waals surface area contributed by atoms with Gasteiger partial charge in [0.15, 0.2) is 16.6 Å². The van der Waals surface area contributed by atoms with Crippen molar-refractivity contribution in [3.8, 4) is 17.2 Å². The summed E-state index contributed by atoms with van der Waals surface area (Å²) >= 11 is 1.09. The number of ether oxygens (including phenoxy) is 1. The number of phenols is 2. The number of rotatable bonds is 9. The van der Waals surface area contributed by atoms with Crippen LogP contribution in [-0.2, 0) is 0 Å². The molecule has 0 fully saturated rings. The SMILES string of the molecule is Br.COc1cc(C(=O)Nc2nc(C(=O)NCCN(C(C)C)C(C)C)cs2)c(O)cc1O. The number of phenolic OH excluding ortho intramolecular Hbond substituents is 2. The molecule has 0 radical (unpaired) electrons. The summed E-state index contributed by atoms with van der Waals surface area (Å²) in [5, 5.41) is 26.7. The highest BCUT2D eigenvalue weighted by molar-refractivity contribution is 8.93. The summed E-state index contributed by atoms with van der Waals surface area (Å²) in [6.07, 6.45) is 0. The molecule has 2 aromatic rings. The average Bonchev–Trinajstić information content (AvgIpc) is 3.13. The third kappa shape index (κ3) is 7.08. The first-order valence-electron chi connectivity index (χ1n) is 9.54. The van der Waals surface area contributed by atoms with Gasteiger partial charge < -0.3 is 20.3 Å². The van der Waals surface area contributed by atoms with Crippen LogP contribution in [0.2, 0.25) is 0 Å². The minimum Gasteiger partial charge on any atom is -0.507 e. The van der Waals surface area contributed by atoms with Crippen LogP contribution in [0.5, 0.6) is 17.2 Å². The fourth-order valence-electron chi connectivity index (χ4n) is 3.00. The maximum Gasteiger partial charge on any atom is 0.270 e. The smallest absolute Gasteiger partial charge is 0.270 e. The number of thiazole rings is 1. The topological polar surface area (TPSA) is 124 Å². The third-order valence-corrected chi connectivity index (χ3v) is 5.24. The Morgan fingerprint density at radius 3 is 2.35 bits per heavy atom. The normalized spacial score (nSPS) is 10.8. The molecule has 0 unspecified atom stereocenters. The molecule has 0 spiro atoms. The number of benzene rings is 1. The van der Waals surface area contributed by atoms with Gasteiger partial charge >= 0.3 is 0 Å². The fourth-order valence-corrected chi connectivity index (χ4v) is 3.69. The van der Waals surface area contributed by atoms with Gasteiger partial charge in [0.25, 0.3) is 11.8 Å². The van der Waals surface area contributed by atoms with E-state index in [2.05, 4.69) is 48.2 Å². The summed E-state index contributed by atoms with van der Waals surface area (Å²) < 4.78 is 4.95. The van der Waals surface area contributed by atoms with Crippen LogP contribution in [0.15, 0.2) is 17.5 Å². The lowest BCUT2D eigenvalue weighted by Crippen LogP contribution is -2.42. The minimum atomic E-state index is -0.642. The molecule has 11 heteroatoms. The van der Waals surface area contributed by atoms with Crippen LogP contribution in [0.25, 0.3) is 0 Å². The van der Waals surface area contributed by atoms with Crippen molar-refractivity contribution in [2.45, 2.75) is 39.8 Å². The molecule has 0 aliphatic heterocycles. The van der Waals surface area contributed by atoms with Crippen LogP contribution in [-0.4, -0.2) is 64.2 Å². The summed E-state index contributed by atoms with van der Waals surface area (Å²) in [6.45, 7) is 9.64. The number of aromatic nitrogens is 1. The number of aromatic hydroxyl groups is 2. The molecule has 2 rings (SSSR count). The molecule has 172 valence electrons. The van der Waals surface area contributed by atoms with E-state index in [4.69, 9.17) is 4.74 Å². The van der Waals surface area contributed by atoms with Gasteiger partial charge in [-0.3, -0.25) is 19.8 Å². The Morgan fingerprint density at radius 2 is 1.77 bits per heavy atom. The number of methoxy groups -OCH3 is 1. The first-order chi connectivity index (χ1) is 14.1. The molecule has 1 aromatic heterocycles. The molecule has 31 heavy (non-hydrogen) atoms. The quantitative estimate of drug-likeness (QED) is 0.403. The molecular formula is C20H29BrN4O5S. The number of hydrogen-bond acceptors (Lipinski definition) is 8. The van der Waals surface area contributed by atoms with Crippen LogP contribution in [0.3, 0.4) is 0 Å². The lowest BCUT2D eigenvalue weighted by molar-refractivity contribution is 0.0934. The van der Waals surface area contributed by atoms with Crippen molar-refractivity contribution in [3.05, 3.63) is 28.8 Å². The molecule has 4 N–H and O–H groups in total. The van der Waals surface area contributed by atoms with E-state index in [1.165, 1.54) is 13.2 Å². The Labute approximate surface area is 196 Å². The second-order valence-electron chi connectivity index (χ2n) is 7.21. The zero-order valence-electron chi connectivity index (χ0n) is 18.1. The van der Waals surface area contributed by atoms with E-state index in [0.29, 0.717) is 18.6 Å². The van der Waals surface area contributed by atoms with Gasteiger partial charge in [0, 0.05) is 42.7 Å². The summed E-state index contributed by atoms with van der Waals surface area (Å²) in [7, 11) is 1.33. The van der Waals surface area contributed by atoms with Crippen molar-refractivity contribution in [1.29, 1.82) is 0 Å². The summed E-state index contributed by atoms with van der Waals surface area (Å²) in [5.74, 6) is -1.60. The van der Waals surface area contributed by atoms with Crippen molar-refractivity contribution in [2.24, 2.45) is 0 Å². The Hall–Kier alpha value is -2.37. The van der Waals surface area contributed by atoms with Gasteiger partial charge in [-0.1, -0.05) is 0 Å². The second kappa shape index (κ2) is 11.9. The van der Waals surface area contributed by atoms with E-state index < -0.39 is 11.7 Å². The zero-order valence-corrected chi connectivity index (χ0v) is 20.7. The summed E-state index contributed by atoms with van der Waals surface area (Å²) in [6, 6.07) is 2.98. The van der Waals surface area contributed by atoms with Crippen LogP contribution >= 0.6 is 28.3 Å². The van der Waals surface area contributed by atoms with Crippen LogP contribution in [0.1, 0.15) is 48.5 Å². The average molecular weight is 517 g/mol. The molecular weight excluding hydrogens is 488 g/mol. The number of nitrogens with zero attached hydrogens (tertiary/aromatic N) is 2. The monoisotopic (exact) mass is 516 g/mol. The molecule has 0 saturated carbocycles. The van der Waals surface area contributed by atoms with Gasteiger partial charge in [0.1, 0.15) is 11.4 Å². The zero-order chi connectivity index (χ0) is 22.4. The third-order valence-electron chi connectivity index (χ3n) is 4.48. The Kier molecular flexibility index (Phi) is 10.2. The molecule has 0 atom stereocenters. The first kappa shape index (κ1) is 26.7. The van der Waals surface area contributed by atoms with E-state index in [1.807, 2.05) is 0 Å². The van der Waals surface area contributed by atoms with Crippen LogP contribution in [0.4, 0.5) is 5.13 Å². The van der Waals surface area contributed by atoms with Crippen molar-refractivity contribution in [1.82, 2.24) is 15.2 Å². The Balaban J connectivity index is 0.00000480. The van der Waals surface area contributed by atoms with Gasteiger partial charge in [-0.2, -0.15) is 0 Å². The first-order valence-corrected chi connectivity index (χ1v) is 10.4. The molecule has 0 saturated heterocycles. The van der Waals surface area contributed by atoms with Crippen LogP contribution < -0.4 is 15.4 Å². The van der Waals surface area contributed by atoms with Crippen LogP contribution in [0, 0.1) is 0 Å². The Morgan fingerprint density at radius 1 is 1.13 bits per heavy atom. The van der Waals surface area contributed by atoms with Gasteiger partial charge in [-0.05, 0) is 27.7 Å². The van der Waals surface area contributed by atoms with Crippen molar-refractivity contribution < 1.29 is 24.5 Å². The molecule has 1 aromatic carbocycles. The van der Waals surface area contributed by atoms with Gasteiger partial charge in [0.2, 0.25) is 0 Å². The standard InChI is InChI=1S/C20H28N4O5S.BrH/c1-11(2)24(12(3)4)7-6-21-19(28)14-10-30-20(22-14)23-18(27)13-8-17(29-5)16(26)9-15(13)25;/h8-12,25-26H,6-7H2,1-5H3,(H,21,28)(H,22,23,27);1H. The highest BCUT2D eigenvalue weighted by Gasteiger charge is 2.19. The summed E-state index contributed by atoms with van der Waals surface area (Å²) in [5.41, 5.74) is 0.108. The minimum absolute atomic E-state index is 0. The van der Waals surface area contributed by atoms with Crippen molar-refractivity contribution in [2.75, 3.05) is 25.5 Å². The van der Waals surface area contributed by atoms with E-state index in [1.54, 1.807) is 5.38 Å². The maximum absolute atomic E-state index is 12.4. The fraction of sp³-hybridized carbons (Fsp3) is 0.450. The van der Waals surface area contributed by atoms with Gasteiger partial charge in [0.05, 0.1) is 12.7 Å². The van der Waals surface area contributed by atoms with Crippen molar-refractivity contribution in [3.63, 3.8) is 0 Å². The summed E-state index contributed by atoms with van der Waals surface area (Å²) in [4.78, 5) is 31.1. The Bertz CT molecular complexity index is 896. The molecule has 9 nitrogen and oxygen atoms in total. The molecule has 2 amide bonds. The maximum atomic E-state index is 12.4. The second-order valence-corrected chi connectivity index (χ2v) is 8.07. The number of halogens is 1. The van der Waals surface area contributed by atoms with Gasteiger partial charge in [-0.25, -0.2) is 4.98 Å². The van der Waals surface area contributed by atoms with E-state index in [0.717, 1.165) is 23.9 Å². The van der Waals surface area contributed by atoms with E-state index >= 15 is 0 Å². The number of hydrogen-bond donors (Lipinski definition) is 4. The molecule has 1 heterocycles. The lowest BCUT2D eigenvalue weighted by atomic mass is 10.1. The molecule has 0 aliphatic carbocycles. The molecule has 0 bridgehead atoms. The molecule has 0 aliphatic rings. The van der Waals surface area contributed by atoms with E-state index in [-0.39, 0.29) is 50.8 Å². The number of carbonyl (C=O) groups is 2. The van der Waals surface area contributed by atoms with Gasteiger partial charge in [-0.15, -0.1) is 28.3 Å². The number of nitrogens with one attached hydrogen (secondary N) is 2. The predicted octanol–water partition coefficient (Wildman–Crippen LogP) is 3.24. The highest BCUT2D eigenvalue weighted by atomic mass is 79.9. The highest BCUT2D eigenvalue weighted by Crippen LogP contribution is 2.33.